The molecule has 2 heterocycles. The fourth-order valence-electron chi connectivity index (χ4n) is 4.59. The second-order valence-electron chi connectivity index (χ2n) is 7.91. The van der Waals surface area contributed by atoms with Crippen molar-refractivity contribution in [1.29, 1.82) is 0 Å². The molecule has 0 N–H and O–H groups in total. The number of Topliss-reactive ketones (excluding diaryl/α,β-unsaturated/α-hetero) is 1. The number of sulfone groups is 1. The lowest BCUT2D eigenvalue weighted by Crippen LogP contribution is -2.50. The molecule has 0 aliphatic carbocycles. The largest absolute Gasteiger partial charge is 0.297 e. The van der Waals surface area contributed by atoms with Gasteiger partial charge in [0.25, 0.3) is 0 Å². The van der Waals surface area contributed by atoms with Crippen LogP contribution < -0.4 is 0 Å². The van der Waals surface area contributed by atoms with Gasteiger partial charge in [0.15, 0.2) is 15.6 Å². The third-order valence-electron chi connectivity index (χ3n) is 6.00. The summed E-state index contributed by atoms with van der Waals surface area (Å²) in [6, 6.07) is 2.33. The molecule has 0 aromatic heterocycles. The van der Waals surface area contributed by atoms with Crippen LogP contribution in [0.2, 0.25) is 0 Å². The number of nitrogens with zero attached hydrogens (tertiary/aromatic N) is 2. The zero-order chi connectivity index (χ0) is 19.1. The monoisotopic (exact) mass is 378 g/mol. The number of piperazine rings is 1. The number of rotatable bonds is 4. The summed E-state index contributed by atoms with van der Waals surface area (Å²) in [5.74, 6) is 0.798. The second kappa shape index (κ2) is 7.41. The highest BCUT2D eigenvalue weighted by molar-refractivity contribution is 7.91. The summed E-state index contributed by atoms with van der Waals surface area (Å²) in [5, 5.41) is 0. The molecule has 144 valence electrons. The molecule has 3 rings (SSSR count). The molecule has 2 aliphatic heterocycles. The number of aryl methyl sites for hydroxylation is 2. The minimum atomic E-state index is -2.82. The first-order valence-corrected chi connectivity index (χ1v) is 11.3. The third-order valence-corrected chi connectivity index (χ3v) is 7.75. The molecular formula is C20H30N2O3S. The predicted octanol–water partition coefficient (Wildman–Crippen LogP) is 2.12. The average Bonchev–Trinajstić information content (AvgIpc) is 2.91. The standard InChI is InChI=1S/C20H30N2O3S/c1-14-11-15(2)20(17(4)23)16(3)19(14)12-21-6-8-22(9-7-21)18-5-10-26(24,25)13-18/h11,18H,5-10,12-13H2,1-4H3/t18-/m0/s1. The van der Waals surface area contributed by atoms with Crippen molar-refractivity contribution in [3.63, 3.8) is 0 Å². The molecule has 0 radical (unpaired) electrons. The molecule has 0 bridgehead atoms. The summed E-state index contributed by atoms with van der Waals surface area (Å²) < 4.78 is 23.4. The Labute approximate surface area is 157 Å². The second-order valence-corrected chi connectivity index (χ2v) is 10.1. The van der Waals surface area contributed by atoms with Crippen molar-refractivity contribution in [2.24, 2.45) is 0 Å². The van der Waals surface area contributed by atoms with E-state index < -0.39 is 9.84 Å². The lowest BCUT2D eigenvalue weighted by atomic mass is 9.91. The van der Waals surface area contributed by atoms with E-state index in [2.05, 4.69) is 29.7 Å². The van der Waals surface area contributed by atoms with E-state index >= 15 is 0 Å². The summed E-state index contributed by atoms with van der Waals surface area (Å²) in [6.45, 7) is 12.4. The summed E-state index contributed by atoms with van der Waals surface area (Å²) in [4.78, 5) is 16.8. The minimum absolute atomic E-state index is 0.133. The molecule has 5 nitrogen and oxygen atoms in total. The molecule has 2 aliphatic rings. The molecule has 1 aromatic rings. The highest BCUT2D eigenvalue weighted by atomic mass is 32.2. The van der Waals surface area contributed by atoms with Crippen LogP contribution in [0.5, 0.6) is 0 Å². The van der Waals surface area contributed by atoms with Gasteiger partial charge in [-0.25, -0.2) is 8.42 Å². The molecule has 2 saturated heterocycles. The highest BCUT2D eigenvalue weighted by Crippen LogP contribution is 2.25. The Hall–Kier alpha value is -1.24. The molecular weight excluding hydrogens is 348 g/mol. The average molecular weight is 379 g/mol. The topological polar surface area (TPSA) is 57.7 Å². The first kappa shape index (κ1) is 19.5. The van der Waals surface area contributed by atoms with Gasteiger partial charge < -0.3 is 0 Å². The number of benzene rings is 1. The van der Waals surface area contributed by atoms with Gasteiger partial charge in [-0.05, 0) is 56.4 Å². The van der Waals surface area contributed by atoms with Gasteiger partial charge in [0.05, 0.1) is 11.5 Å². The zero-order valence-electron chi connectivity index (χ0n) is 16.3. The lowest BCUT2D eigenvalue weighted by Gasteiger charge is -2.38. The number of hydrogen-bond donors (Lipinski definition) is 0. The number of hydrogen-bond acceptors (Lipinski definition) is 5. The highest BCUT2D eigenvalue weighted by Gasteiger charge is 2.33. The summed E-state index contributed by atoms with van der Waals surface area (Å²) >= 11 is 0. The normalized spacial score (nSPS) is 24.1. The molecule has 0 spiro atoms. The van der Waals surface area contributed by atoms with E-state index in [1.807, 2.05) is 6.92 Å². The van der Waals surface area contributed by atoms with Crippen molar-refractivity contribution < 1.29 is 13.2 Å². The van der Waals surface area contributed by atoms with Crippen LogP contribution in [0.1, 0.15) is 46.0 Å². The third kappa shape index (κ3) is 4.02. The van der Waals surface area contributed by atoms with Crippen molar-refractivity contribution in [2.45, 2.75) is 46.7 Å². The first-order valence-electron chi connectivity index (χ1n) is 9.45. The van der Waals surface area contributed by atoms with Gasteiger partial charge in [0.1, 0.15) is 0 Å². The van der Waals surface area contributed by atoms with Gasteiger partial charge in [-0.1, -0.05) is 6.07 Å². The van der Waals surface area contributed by atoms with Crippen LogP contribution >= 0.6 is 0 Å². The summed E-state index contributed by atoms with van der Waals surface area (Å²) in [5.41, 5.74) is 5.54. The maximum atomic E-state index is 12.0. The fourth-order valence-corrected chi connectivity index (χ4v) is 6.35. The van der Waals surface area contributed by atoms with E-state index in [0.29, 0.717) is 11.5 Å². The zero-order valence-corrected chi connectivity index (χ0v) is 17.2. The first-order chi connectivity index (χ1) is 12.2. The Balaban J connectivity index is 1.67. The van der Waals surface area contributed by atoms with E-state index in [0.717, 1.165) is 55.8 Å². The van der Waals surface area contributed by atoms with E-state index in [1.165, 1.54) is 11.1 Å². The van der Waals surface area contributed by atoms with E-state index in [4.69, 9.17) is 0 Å². The quantitative estimate of drug-likeness (QED) is 0.751. The van der Waals surface area contributed by atoms with Crippen molar-refractivity contribution in [3.05, 3.63) is 33.9 Å². The fraction of sp³-hybridized carbons (Fsp3) is 0.650. The van der Waals surface area contributed by atoms with Crippen LogP contribution in [-0.4, -0.2) is 67.7 Å². The van der Waals surface area contributed by atoms with Crippen molar-refractivity contribution >= 4 is 15.6 Å². The Morgan fingerprint density at radius 3 is 2.31 bits per heavy atom. The van der Waals surface area contributed by atoms with Crippen LogP contribution in [0.3, 0.4) is 0 Å². The van der Waals surface area contributed by atoms with Crippen LogP contribution in [0, 0.1) is 20.8 Å². The van der Waals surface area contributed by atoms with E-state index in [-0.39, 0.29) is 11.8 Å². The smallest absolute Gasteiger partial charge is 0.160 e. The number of carbonyl (C=O) groups is 1. The van der Waals surface area contributed by atoms with E-state index in [9.17, 15) is 13.2 Å². The maximum absolute atomic E-state index is 12.0. The predicted molar refractivity (Wildman–Crippen MR) is 105 cm³/mol. The van der Waals surface area contributed by atoms with Gasteiger partial charge >= 0.3 is 0 Å². The molecule has 0 amide bonds. The lowest BCUT2D eigenvalue weighted by molar-refractivity contribution is 0.0991. The molecule has 6 heteroatoms. The minimum Gasteiger partial charge on any atom is -0.297 e. The number of ketones is 1. The molecule has 0 unspecified atom stereocenters. The molecule has 2 fully saturated rings. The molecule has 1 aromatic carbocycles. The molecule has 26 heavy (non-hydrogen) atoms. The van der Waals surface area contributed by atoms with Crippen molar-refractivity contribution in [3.8, 4) is 0 Å². The Morgan fingerprint density at radius 1 is 1.12 bits per heavy atom. The van der Waals surface area contributed by atoms with Crippen LogP contribution in [-0.2, 0) is 16.4 Å². The Bertz CT molecular complexity index is 809. The van der Waals surface area contributed by atoms with Gasteiger partial charge in [-0.3, -0.25) is 14.6 Å². The Morgan fingerprint density at radius 2 is 1.77 bits per heavy atom. The molecule has 0 saturated carbocycles. The van der Waals surface area contributed by atoms with Crippen LogP contribution in [0.15, 0.2) is 6.07 Å². The summed E-state index contributed by atoms with van der Waals surface area (Å²) in [7, 11) is -2.82. The Kier molecular flexibility index (Phi) is 5.56. The molecule has 1 atom stereocenters. The van der Waals surface area contributed by atoms with E-state index in [1.54, 1.807) is 6.92 Å². The van der Waals surface area contributed by atoms with Crippen molar-refractivity contribution in [2.75, 3.05) is 37.7 Å². The SMILES string of the molecule is CC(=O)c1c(C)cc(C)c(CN2CCN([C@H]3CCS(=O)(=O)C3)CC2)c1C. The number of carbonyl (C=O) groups excluding carboxylic acids is 1. The van der Waals surface area contributed by atoms with Gasteiger partial charge in [-0.15, -0.1) is 0 Å². The van der Waals surface area contributed by atoms with Gasteiger partial charge in [0, 0.05) is 44.3 Å². The van der Waals surface area contributed by atoms with Crippen LogP contribution in [0.4, 0.5) is 0 Å². The van der Waals surface area contributed by atoms with Crippen LogP contribution in [0.25, 0.3) is 0 Å². The van der Waals surface area contributed by atoms with Gasteiger partial charge in [-0.2, -0.15) is 0 Å². The van der Waals surface area contributed by atoms with Crippen molar-refractivity contribution in [1.82, 2.24) is 9.80 Å². The summed E-state index contributed by atoms with van der Waals surface area (Å²) in [6.07, 6.45) is 0.778. The maximum Gasteiger partial charge on any atom is 0.160 e. The van der Waals surface area contributed by atoms with Gasteiger partial charge in [0.2, 0.25) is 0 Å².